The molecule has 1 nitrogen and oxygen atoms in total. The maximum absolute atomic E-state index is 12.4. The Morgan fingerprint density at radius 2 is 1.81 bits per heavy atom. The molecule has 0 heterocycles. The van der Waals surface area contributed by atoms with Crippen molar-refractivity contribution >= 4 is 0 Å². The Balaban J connectivity index is 2.45. The van der Waals surface area contributed by atoms with E-state index < -0.39 is 30.6 Å². The standard InChI is InChI=1S/C10H16F5N/c1-6(9(11)12)16-8-4-2-3-7(5-8)10(13,14)15/h6-9,16H,2-5H2,1H3. The molecule has 0 aromatic rings. The topological polar surface area (TPSA) is 12.0 Å². The van der Waals surface area contributed by atoms with Crippen molar-refractivity contribution in [3.8, 4) is 0 Å². The lowest BCUT2D eigenvalue weighted by Gasteiger charge is -2.32. The molecule has 1 saturated carbocycles. The summed E-state index contributed by atoms with van der Waals surface area (Å²) in [5.41, 5.74) is 0. The first-order chi connectivity index (χ1) is 7.30. The van der Waals surface area contributed by atoms with Gasteiger partial charge >= 0.3 is 6.18 Å². The lowest BCUT2D eigenvalue weighted by atomic mass is 9.85. The van der Waals surface area contributed by atoms with Crippen LogP contribution in [-0.2, 0) is 0 Å². The fraction of sp³-hybridized carbons (Fsp3) is 1.00. The molecule has 1 N–H and O–H groups in total. The summed E-state index contributed by atoms with van der Waals surface area (Å²) in [6.45, 7) is 1.29. The van der Waals surface area contributed by atoms with Gasteiger partial charge in [-0.25, -0.2) is 8.78 Å². The first-order valence-corrected chi connectivity index (χ1v) is 5.41. The maximum atomic E-state index is 12.4. The van der Waals surface area contributed by atoms with Crippen molar-refractivity contribution in [2.45, 2.75) is 57.3 Å². The van der Waals surface area contributed by atoms with Crippen molar-refractivity contribution in [1.82, 2.24) is 5.32 Å². The zero-order valence-corrected chi connectivity index (χ0v) is 9.03. The molecule has 0 spiro atoms. The summed E-state index contributed by atoms with van der Waals surface area (Å²) in [5, 5.41) is 2.57. The molecule has 96 valence electrons. The smallest absolute Gasteiger partial charge is 0.306 e. The van der Waals surface area contributed by atoms with E-state index in [4.69, 9.17) is 0 Å². The van der Waals surface area contributed by atoms with Crippen LogP contribution in [0.25, 0.3) is 0 Å². The van der Waals surface area contributed by atoms with Gasteiger partial charge < -0.3 is 5.32 Å². The molecule has 0 aromatic heterocycles. The zero-order chi connectivity index (χ0) is 12.3. The molecule has 6 heteroatoms. The third-order valence-electron chi connectivity index (χ3n) is 3.01. The summed E-state index contributed by atoms with van der Waals surface area (Å²) in [5.74, 6) is -1.34. The van der Waals surface area contributed by atoms with Crippen LogP contribution < -0.4 is 5.32 Å². The van der Waals surface area contributed by atoms with E-state index in [1.807, 2.05) is 0 Å². The van der Waals surface area contributed by atoms with E-state index in [-0.39, 0.29) is 12.8 Å². The molecule has 16 heavy (non-hydrogen) atoms. The van der Waals surface area contributed by atoms with Crippen LogP contribution in [-0.4, -0.2) is 24.7 Å². The van der Waals surface area contributed by atoms with Crippen molar-refractivity contribution in [2.75, 3.05) is 0 Å². The predicted octanol–water partition coefficient (Wildman–Crippen LogP) is 3.35. The molecular weight excluding hydrogens is 229 g/mol. The molecule has 3 atom stereocenters. The van der Waals surface area contributed by atoms with Crippen LogP contribution in [0.2, 0.25) is 0 Å². The highest BCUT2D eigenvalue weighted by molar-refractivity contribution is 4.83. The van der Waals surface area contributed by atoms with Gasteiger partial charge in [-0.15, -0.1) is 0 Å². The Labute approximate surface area is 91.4 Å². The molecule has 0 aliphatic heterocycles. The van der Waals surface area contributed by atoms with Gasteiger partial charge in [0.1, 0.15) is 0 Å². The predicted molar refractivity (Wildman–Crippen MR) is 50.4 cm³/mol. The van der Waals surface area contributed by atoms with E-state index >= 15 is 0 Å². The zero-order valence-electron chi connectivity index (χ0n) is 9.03. The molecule has 1 aliphatic carbocycles. The van der Waals surface area contributed by atoms with Crippen molar-refractivity contribution in [3.63, 3.8) is 0 Å². The van der Waals surface area contributed by atoms with Crippen molar-refractivity contribution in [1.29, 1.82) is 0 Å². The van der Waals surface area contributed by atoms with Crippen LogP contribution >= 0.6 is 0 Å². The average Bonchev–Trinajstić information content (AvgIpc) is 2.16. The van der Waals surface area contributed by atoms with Gasteiger partial charge in [-0.1, -0.05) is 6.42 Å². The Kier molecular flexibility index (Phi) is 4.52. The van der Waals surface area contributed by atoms with Crippen LogP contribution in [0.1, 0.15) is 32.6 Å². The van der Waals surface area contributed by atoms with Crippen molar-refractivity contribution in [2.24, 2.45) is 5.92 Å². The maximum Gasteiger partial charge on any atom is 0.391 e. The van der Waals surface area contributed by atoms with Crippen molar-refractivity contribution in [3.05, 3.63) is 0 Å². The van der Waals surface area contributed by atoms with Crippen LogP contribution in [0.4, 0.5) is 22.0 Å². The molecule has 1 fully saturated rings. The highest BCUT2D eigenvalue weighted by Crippen LogP contribution is 2.37. The highest BCUT2D eigenvalue weighted by atomic mass is 19.4. The van der Waals surface area contributed by atoms with E-state index in [2.05, 4.69) is 5.32 Å². The number of rotatable bonds is 3. The number of hydrogen-bond acceptors (Lipinski definition) is 1. The summed E-state index contributed by atoms with van der Waals surface area (Å²) >= 11 is 0. The second-order valence-corrected chi connectivity index (χ2v) is 4.39. The van der Waals surface area contributed by atoms with Crippen LogP contribution in [0.3, 0.4) is 0 Å². The summed E-state index contributed by atoms with van der Waals surface area (Å²) in [6.07, 6.45) is -5.72. The van der Waals surface area contributed by atoms with E-state index in [1.165, 1.54) is 6.92 Å². The van der Waals surface area contributed by atoms with Gasteiger partial charge in [0.05, 0.1) is 12.0 Å². The minimum Gasteiger partial charge on any atom is -0.306 e. The summed E-state index contributed by atoms with van der Waals surface area (Å²) in [7, 11) is 0. The third kappa shape index (κ3) is 3.88. The van der Waals surface area contributed by atoms with Crippen LogP contribution in [0.5, 0.6) is 0 Å². The Hall–Kier alpha value is -0.390. The second kappa shape index (κ2) is 5.29. The minimum atomic E-state index is -4.20. The monoisotopic (exact) mass is 245 g/mol. The van der Waals surface area contributed by atoms with Crippen LogP contribution in [0, 0.1) is 5.92 Å². The first-order valence-electron chi connectivity index (χ1n) is 5.41. The summed E-state index contributed by atoms with van der Waals surface area (Å²) < 4.78 is 61.8. The van der Waals surface area contributed by atoms with Gasteiger partial charge in [0.2, 0.25) is 0 Å². The van der Waals surface area contributed by atoms with E-state index in [0.29, 0.717) is 12.8 Å². The Bertz CT molecular complexity index is 216. The minimum absolute atomic E-state index is 0.0828. The molecule has 0 saturated heterocycles. The fourth-order valence-electron chi connectivity index (χ4n) is 2.08. The normalized spacial score (nSPS) is 29.4. The number of halogens is 5. The lowest BCUT2D eigenvalue weighted by Crippen LogP contribution is -2.45. The van der Waals surface area contributed by atoms with Gasteiger partial charge in [-0.2, -0.15) is 13.2 Å². The highest BCUT2D eigenvalue weighted by Gasteiger charge is 2.42. The fourth-order valence-corrected chi connectivity index (χ4v) is 2.08. The van der Waals surface area contributed by atoms with Crippen molar-refractivity contribution < 1.29 is 22.0 Å². The SMILES string of the molecule is CC(NC1CCCC(C(F)(F)F)C1)C(F)F. The molecule has 0 amide bonds. The van der Waals surface area contributed by atoms with E-state index in [9.17, 15) is 22.0 Å². The largest absolute Gasteiger partial charge is 0.391 e. The van der Waals surface area contributed by atoms with Gasteiger partial charge in [0.25, 0.3) is 6.43 Å². The lowest BCUT2D eigenvalue weighted by molar-refractivity contribution is -0.184. The summed E-state index contributed by atoms with van der Waals surface area (Å²) in [6, 6.07) is -1.48. The molecule has 1 aliphatic rings. The van der Waals surface area contributed by atoms with Gasteiger partial charge in [0, 0.05) is 6.04 Å². The van der Waals surface area contributed by atoms with Gasteiger partial charge in [-0.05, 0) is 26.2 Å². The Morgan fingerprint density at radius 3 is 2.31 bits per heavy atom. The molecule has 0 aromatic carbocycles. The second-order valence-electron chi connectivity index (χ2n) is 4.39. The number of nitrogens with one attached hydrogen (secondary N) is 1. The van der Waals surface area contributed by atoms with Gasteiger partial charge in [0.15, 0.2) is 0 Å². The number of alkyl halides is 5. The molecule has 0 radical (unpaired) electrons. The van der Waals surface area contributed by atoms with Gasteiger partial charge in [-0.3, -0.25) is 0 Å². The van der Waals surface area contributed by atoms with E-state index in [0.717, 1.165) is 0 Å². The van der Waals surface area contributed by atoms with Crippen LogP contribution in [0.15, 0.2) is 0 Å². The molecule has 0 bridgehead atoms. The quantitative estimate of drug-likeness (QED) is 0.752. The van der Waals surface area contributed by atoms with E-state index in [1.54, 1.807) is 0 Å². The third-order valence-corrected chi connectivity index (χ3v) is 3.01. The number of hydrogen-bond donors (Lipinski definition) is 1. The summed E-state index contributed by atoms with van der Waals surface area (Å²) in [4.78, 5) is 0. The first kappa shape index (κ1) is 13.7. The molecule has 3 unspecified atom stereocenters. The molecular formula is C10H16F5N. The molecule has 1 rings (SSSR count). The average molecular weight is 245 g/mol. The Morgan fingerprint density at radius 1 is 1.19 bits per heavy atom.